The molecule has 1 aliphatic rings. The highest BCUT2D eigenvalue weighted by molar-refractivity contribution is 5.70. The van der Waals surface area contributed by atoms with Crippen LogP contribution < -0.4 is 9.47 Å². The topological polar surface area (TPSA) is 68.2 Å². The van der Waals surface area contributed by atoms with Crippen molar-refractivity contribution < 1.29 is 41.7 Å². The Labute approximate surface area is 217 Å². The summed E-state index contributed by atoms with van der Waals surface area (Å²) in [5, 5.41) is 11.9. The first-order chi connectivity index (χ1) is 17.7. The molecule has 202 valence electrons. The molecule has 1 unspecified atom stereocenters. The summed E-state index contributed by atoms with van der Waals surface area (Å²) < 4.78 is 69.3. The van der Waals surface area contributed by atoms with Crippen LogP contribution in [0.1, 0.15) is 31.9 Å². The summed E-state index contributed by atoms with van der Waals surface area (Å²) in [6.07, 6.45) is -5.65. The second-order valence-electron chi connectivity index (χ2n) is 10.0. The number of alkyl halides is 4. The Bertz CT molecular complexity index is 1250. The van der Waals surface area contributed by atoms with Gasteiger partial charge in [-0.05, 0) is 68.3 Å². The third-order valence-corrected chi connectivity index (χ3v) is 5.94. The molecule has 0 bridgehead atoms. The fourth-order valence-corrected chi connectivity index (χ4v) is 4.21. The van der Waals surface area contributed by atoms with Crippen LogP contribution in [-0.2, 0) is 10.3 Å². The molecule has 1 aliphatic heterocycles. The lowest BCUT2D eigenvalue weighted by molar-refractivity contribution is -0.274. The molecule has 1 fully saturated rings. The fraction of sp³-hybridized carbons (Fsp3) is 0.321. The number of nitrogens with zero attached hydrogens (tertiary/aromatic N) is 1. The zero-order valence-electron chi connectivity index (χ0n) is 21.0. The van der Waals surface area contributed by atoms with Gasteiger partial charge in [0.2, 0.25) is 0 Å². The molecule has 1 heterocycles. The first-order valence-corrected chi connectivity index (χ1v) is 11.8. The van der Waals surface area contributed by atoms with Crippen LogP contribution in [0.25, 0.3) is 0 Å². The Morgan fingerprint density at radius 2 is 1.29 bits per heavy atom. The van der Waals surface area contributed by atoms with E-state index >= 15 is 4.39 Å². The fourth-order valence-electron chi connectivity index (χ4n) is 4.21. The SMILES string of the molecule is CC(C)(C)OC(=O)N1CC(F)(C(O)(c2ccc(Oc3ccccc3)cc2)c2ccc(OC(F)(F)F)cc2)C1. The first kappa shape index (κ1) is 27.3. The largest absolute Gasteiger partial charge is 0.573 e. The number of para-hydroxylation sites is 1. The lowest BCUT2D eigenvalue weighted by atomic mass is 9.70. The van der Waals surface area contributed by atoms with Crippen molar-refractivity contribution in [1.82, 2.24) is 4.90 Å². The van der Waals surface area contributed by atoms with E-state index in [2.05, 4.69) is 4.74 Å². The molecule has 0 aliphatic carbocycles. The number of halogens is 4. The molecule has 0 aromatic heterocycles. The van der Waals surface area contributed by atoms with Gasteiger partial charge in [-0.2, -0.15) is 0 Å². The first-order valence-electron chi connectivity index (χ1n) is 11.8. The van der Waals surface area contributed by atoms with Crippen LogP contribution in [0.5, 0.6) is 17.2 Å². The van der Waals surface area contributed by atoms with E-state index in [0.29, 0.717) is 11.5 Å². The Hall–Kier alpha value is -3.79. The minimum Gasteiger partial charge on any atom is -0.457 e. The number of rotatable bonds is 6. The van der Waals surface area contributed by atoms with Gasteiger partial charge in [0.05, 0.1) is 13.1 Å². The van der Waals surface area contributed by atoms with Crippen molar-refractivity contribution in [2.45, 2.75) is 44.0 Å². The van der Waals surface area contributed by atoms with Gasteiger partial charge in [-0.3, -0.25) is 0 Å². The number of amides is 1. The molecule has 4 rings (SSSR count). The van der Waals surface area contributed by atoms with Gasteiger partial charge in [0.25, 0.3) is 0 Å². The normalized spacial score (nSPS) is 16.7. The van der Waals surface area contributed by atoms with E-state index in [9.17, 15) is 23.1 Å². The van der Waals surface area contributed by atoms with E-state index in [0.717, 1.165) is 29.2 Å². The van der Waals surface area contributed by atoms with E-state index in [-0.39, 0.29) is 11.1 Å². The second-order valence-corrected chi connectivity index (χ2v) is 10.0. The van der Waals surface area contributed by atoms with Crippen LogP contribution in [0.15, 0.2) is 78.9 Å². The highest BCUT2D eigenvalue weighted by atomic mass is 19.4. The number of ether oxygens (including phenoxy) is 3. The molecule has 3 aromatic carbocycles. The third kappa shape index (κ3) is 5.85. The number of aliphatic hydroxyl groups is 1. The number of carbonyl (C=O) groups is 1. The molecule has 0 saturated carbocycles. The van der Waals surface area contributed by atoms with Gasteiger partial charge in [0.1, 0.15) is 22.8 Å². The lowest BCUT2D eigenvalue weighted by Gasteiger charge is -2.52. The van der Waals surface area contributed by atoms with E-state index in [1.54, 1.807) is 57.2 Å². The summed E-state index contributed by atoms with van der Waals surface area (Å²) in [6, 6.07) is 19.3. The van der Waals surface area contributed by atoms with Crippen LogP contribution >= 0.6 is 0 Å². The highest BCUT2D eigenvalue weighted by Gasteiger charge is 2.62. The zero-order valence-corrected chi connectivity index (χ0v) is 21.0. The van der Waals surface area contributed by atoms with Crippen molar-refractivity contribution in [1.29, 1.82) is 0 Å². The molecule has 1 saturated heterocycles. The smallest absolute Gasteiger partial charge is 0.457 e. The molecule has 6 nitrogen and oxygen atoms in total. The molecule has 1 amide bonds. The van der Waals surface area contributed by atoms with Crippen LogP contribution in [0.3, 0.4) is 0 Å². The van der Waals surface area contributed by atoms with Crippen molar-refractivity contribution in [3.63, 3.8) is 0 Å². The molecule has 0 radical (unpaired) electrons. The highest BCUT2D eigenvalue weighted by Crippen LogP contribution is 2.48. The summed E-state index contributed by atoms with van der Waals surface area (Å²) in [5.41, 5.74) is -5.40. The number of likely N-dealkylation sites (tertiary alicyclic amines) is 1. The molecule has 10 heteroatoms. The molecule has 1 atom stereocenters. The molecular weight excluding hydrogens is 506 g/mol. The van der Waals surface area contributed by atoms with E-state index < -0.39 is 48.2 Å². The van der Waals surface area contributed by atoms with E-state index in [4.69, 9.17) is 9.47 Å². The van der Waals surface area contributed by atoms with Gasteiger partial charge in [-0.15, -0.1) is 13.2 Å². The van der Waals surface area contributed by atoms with Crippen molar-refractivity contribution in [2.24, 2.45) is 0 Å². The zero-order chi connectivity index (χ0) is 27.8. The molecule has 3 aromatic rings. The standard InChI is InChI=1S/C28H27F4NO5/c1-25(2,3)38-24(34)33-17-26(29,18-33)27(35,20-11-15-23(16-12-20)37-28(30,31)32)19-9-13-22(14-10-19)36-21-7-5-4-6-8-21/h4-16,35H,17-18H2,1-3H3. The van der Waals surface area contributed by atoms with Crippen molar-refractivity contribution in [3.05, 3.63) is 90.0 Å². The molecular formula is C28H27F4NO5. The second kappa shape index (κ2) is 9.83. The maximum absolute atomic E-state index is 16.4. The van der Waals surface area contributed by atoms with Gasteiger partial charge >= 0.3 is 12.5 Å². The van der Waals surface area contributed by atoms with Crippen LogP contribution in [0.2, 0.25) is 0 Å². The quantitative estimate of drug-likeness (QED) is 0.363. The monoisotopic (exact) mass is 533 g/mol. The average Bonchev–Trinajstić information content (AvgIpc) is 2.81. The minimum absolute atomic E-state index is 0.0184. The number of carbonyl (C=O) groups excluding carboxylic acids is 1. The Morgan fingerprint density at radius 1 is 0.816 bits per heavy atom. The Morgan fingerprint density at radius 3 is 1.76 bits per heavy atom. The summed E-state index contributed by atoms with van der Waals surface area (Å²) in [7, 11) is 0. The van der Waals surface area contributed by atoms with Crippen LogP contribution in [0.4, 0.5) is 22.4 Å². The molecule has 0 spiro atoms. The van der Waals surface area contributed by atoms with Gasteiger partial charge in [0.15, 0.2) is 11.3 Å². The van der Waals surface area contributed by atoms with Crippen molar-refractivity contribution in [2.75, 3.05) is 13.1 Å². The van der Waals surface area contributed by atoms with Gasteiger partial charge in [-0.25, -0.2) is 9.18 Å². The van der Waals surface area contributed by atoms with Crippen molar-refractivity contribution in [3.8, 4) is 17.2 Å². The predicted octanol–water partition coefficient (Wildman–Crippen LogP) is 6.57. The maximum atomic E-state index is 16.4. The molecule has 38 heavy (non-hydrogen) atoms. The maximum Gasteiger partial charge on any atom is 0.573 e. The third-order valence-electron chi connectivity index (χ3n) is 5.94. The summed E-state index contributed by atoms with van der Waals surface area (Å²) in [6.45, 7) is 4.02. The van der Waals surface area contributed by atoms with Crippen LogP contribution in [-0.4, -0.2) is 46.8 Å². The van der Waals surface area contributed by atoms with E-state index in [1.165, 1.54) is 12.1 Å². The number of hydrogen-bond acceptors (Lipinski definition) is 5. The average molecular weight is 534 g/mol. The van der Waals surface area contributed by atoms with Gasteiger partial charge < -0.3 is 24.2 Å². The Kier molecular flexibility index (Phi) is 7.05. The Balaban J connectivity index is 1.65. The minimum atomic E-state index is -4.91. The lowest BCUT2D eigenvalue weighted by Crippen LogP contribution is -2.70. The summed E-state index contributed by atoms with van der Waals surface area (Å²) in [5.74, 6) is 0.477. The number of benzene rings is 3. The summed E-state index contributed by atoms with van der Waals surface area (Å²) in [4.78, 5) is 13.6. The van der Waals surface area contributed by atoms with E-state index in [1.807, 2.05) is 6.07 Å². The predicted molar refractivity (Wildman–Crippen MR) is 131 cm³/mol. The van der Waals surface area contributed by atoms with Crippen molar-refractivity contribution >= 4 is 6.09 Å². The molecule has 1 N–H and O–H groups in total. The number of hydrogen-bond donors (Lipinski definition) is 1. The summed E-state index contributed by atoms with van der Waals surface area (Å²) >= 11 is 0. The van der Waals surface area contributed by atoms with Gasteiger partial charge in [-0.1, -0.05) is 42.5 Å². The van der Waals surface area contributed by atoms with Gasteiger partial charge in [0, 0.05) is 0 Å². The van der Waals surface area contributed by atoms with Crippen LogP contribution in [0, 0.1) is 0 Å².